The molecule has 0 amide bonds. The van der Waals surface area contributed by atoms with E-state index in [-0.39, 0.29) is 12.0 Å². The van der Waals surface area contributed by atoms with E-state index >= 15 is 0 Å². The molecule has 0 radical (unpaired) electrons. The van der Waals surface area contributed by atoms with Crippen molar-refractivity contribution in [3.05, 3.63) is 25.3 Å². The second-order valence-corrected chi connectivity index (χ2v) is 3.40. The van der Waals surface area contributed by atoms with Crippen LogP contribution in [0.15, 0.2) is 25.3 Å². The first-order valence-electron chi connectivity index (χ1n) is 4.73. The Bertz CT molecular complexity index is 203. The molecule has 0 aromatic carbocycles. The number of rotatable bonds is 7. The predicted octanol–water partition coefficient (Wildman–Crippen LogP) is 1.77. The van der Waals surface area contributed by atoms with Crippen molar-refractivity contribution in [2.75, 3.05) is 13.1 Å². The Morgan fingerprint density at radius 2 is 1.79 bits per heavy atom. The van der Waals surface area contributed by atoms with E-state index < -0.39 is 5.97 Å². The lowest BCUT2D eigenvalue weighted by Crippen LogP contribution is -2.40. The van der Waals surface area contributed by atoms with Crippen LogP contribution in [0, 0.1) is 5.92 Å². The fraction of sp³-hybridized carbons (Fsp3) is 0.545. The van der Waals surface area contributed by atoms with Crippen molar-refractivity contribution < 1.29 is 9.90 Å². The van der Waals surface area contributed by atoms with Gasteiger partial charge in [0.15, 0.2) is 0 Å². The number of hydrogen-bond acceptors (Lipinski definition) is 2. The van der Waals surface area contributed by atoms with Crippen LogP contribution < -0.4 is 0 Å². The van der Waals surface area contributed by atoms with Crippen molar-refractivity contribution in [2.45, 2.75) is 19.9 Å². The maximum Gasteiger partial charge on any atom is 0.307 e. The van der Waals surface area contributed by atoms with Crippen LogP contribution in [0.3, 0.4) is 0 Å². The van der Waals surface area contributed by atoms with E-state index in [0.717, 1.165) is 0 Å². The summed E-state index contributed by atoms with van der Waals surface area (Å²) in [6, 6.07) is -0.0106. The van der Waals surface area contributed by atoms with Gasteiger partial charge in [0.05, 0.1) is 5.92 Å². The molecular weight excluding hydrogens is 178 g/mol. The zero-order chi connectivity index (χ0) is 11.1. The highest BCUT2D eigenvalue weighted by atomic mass is 16.4. The number of aliphatic carboxylic acids is 1. The molecule has 3 nitrogen and oxygen atoms in total. The van der Waals surface area contributed by atoms with Crippen LogP contribution in [-0.4, -0.2) is 35.1 Å². The Morgan fingerprint density at radius 3 is 2.07 bits per heavy atom. The molecule has 0 spiro atoms. The first-order chi connectivity index (χ1) is 6.54. The number of hydrogen-bond donors (Lipinski definition) is 1. The Kier molecular flexibility index (Phi) is 5.88. The third-order valence-electron chi connectivity index (χ3n) is 2.42. The highest BCUT2D eigenvalue weighted by Crippen LogP contribution is 2.11. The summed E-state index contributed by atoms with van der Waals surface area (Å²) >= 11 is 0. The molecule has 0 aliphatic rings. The molecule has 0 aromatic heterocycles. The van der Waals surface area contributed by atoms with Gasteiger partial charge < -0.3 is 5.11 Å². The highest BCUT2D eigenvalue weighted by molar-refractivity contribution is 5.70. The van der Waals surface area contributed by atoms with Crippen LogP contribution in [0.1, 0.15) is 13.8 Å². The molecule has 0 bridgehead atoms. The van der Waals surface area contributed by atoms with Gasteiger partial charge in [-0.25, -0.2) is 0 Å². The second-order valence-electron chi connectivity index (χ2n) is 3.40. The molecule has 2 atom stereocenters. The van der Waals surface area contributed by atoms with Gasteiger partial charge in [-0.05, 0) is 6.92 Å². The topological polar surface area (TPSA) is 40.5 Å². The smallest absolute Gasteiger partial charge is 0.307 e. The molecular formula is C11H19NO2. The first-order valence-corrected chi connectivity index (χ1v) is 4.73. The molecule has 2 unspecified atom stereocenters. The van der Waals surface area contributed by atoms with Gasteiger partial charge >= 0.3 is 5.97 Å². The average Bonchev–Trinajstić information content (AvgIpc) is 2.15. The maximum atomic E-state index is 10.8. The Morgan fingerprint density at radius 1 is 1.36 bits per heavy atom. The zero-order valence-corrected chi connectivity index (χ0v) is 8.94. The molecule has 0 heterocycles. The quantitative estimate of drug-likeness (QED) is 0.632. The van der Waals surface area contributed by atoms with E-state index in [0.29, 0.717) is 13.1 Å². The maximum absolute atomic E-state index is 10.8. The molecule has 0 aromatic rings. The molecule has 0 saturated heterocycles. The molecule has 0 aliphatic heterocycles. The number of carboxylic acid groups (broad SMARTS) is 1. The summed E-state index contributed by atoms with van der Waals surface area (Å²) in [6.45, 7) is 12.3. The Hall–Kier alpha value is -1.09. The number of nitrogens with zero attached hydrogens (tertiary/aromatic N) is 1. The molecule has 80 valence electrons. The van der Waals surface area contributed by atoms with E-state index in [1.807, 2.05) is 11.8 Å². The van der Waals surface area contributed by atoms with E-state index in [2.05, 4.69) is 13.2 Å². The fourth-order valence-electron chi connectivity index (χ4n) is 1.26. The van der Waals surface area contributed by atoms with Crippen molar-refractivity contribution in [2.24, 2.45) is 5.92 Å². The molecule has 0 aliphatic carbocycles. The Labute approximate surface area is 85.7 Å². The van der Waals surface area contributed by atoms with Gasteiger partial charge in [-0.2, -0.15) is 0 Å². The van der Waals surface area contributed by atoms with Crippen LogP contribution in [0.25, 0.3) is 0 Å². The minimum absolute atomic E-state index is 0.0106. The van der Waals surface area contributed by atoms with Crippen molar-refractivity contribution in [1.82, 2.24) is 4.90 Å². The highest BCUT2D eigenvalue weighted by Gasteiger charge is 2.23. The largest absolute Gasteiger partial charge is 0.481 e. The lowest BCUT2D eigenvalue weighted by molar-refractivity contribution is -0.143. The lowest BCUT2D eigenvalue weighted by Gasteiger charge is -2.29. The van der Waals surface area contributed by atoms with Crippen LogP contribution in [0.4, 0.5) is 0 Å². The second kappa shape index (κ2) is 6.38. The fourth-order valence-corrected chi connectivity index (χ4v) is 1.26. The zero-order valence-electron chi connectivity index (χ0n) is 8.94. The predicted molar refractivity (Wildman–Crippen MR) is 58.2 cm³/mol. The Balaban J connectivity index is 4.39. The summed E-state index contributed by atoms with van der Waals surface area (Å²) in [6.07, 6.45) is 3.54. The molecule has 0 fully saturated rings. The van der Waals surface area contributed by atoms with Gasteiger partial charge in [-0.15, -0.1) is 13.2 Å². The summed E-state index contributed by atoms with van der Waals surface area (Å²) in [7, 11) is 0. The normalized spacial score (nSPS) is 14.8. The van der Waals surface area contributed by atoms with Crippen LogP contribution in [0.2, 0.25) is 0 Å². The molecule has 0 saturated carbocycles. The van der Waals surface area contributed by atoms with Gasteiger partial charge in [-0.3, -0.25) is 9.69 Å². The summed E-state index contributed by atoms with van der Waals surface area (Å²) in [5.74, 6) is -1.15. The van der Waals surface area contributed by atoms with E-state index in [1.165, 1.54) is 0 Å². The molecule has 14 heavy (non-hydrogen) atoms. The van der Waals surface area contributed by atoms with E-state index in [1.54, 1.807) is 19.1 Å². The van der Waals surface area contributed by atoms with Gasteiger partial charge in [0.2, 0.25) is 0 Å². The van der Waals surface area contributed by atoms with Crippen LogP contribution in [-0.2, 0) is 4.79 Å². The average molecular weight is 197 g/mol. The van der Waals surface area contributed by atoms with Crippen molar-refractivity contribution in [3.63, 3.8) is 0 Å². The number of carboxylic acids is 1. The van der Waals surface area contributed by atoms with Crippen molar-refractivity contribution in [1.29, 1.82) is 0 Å². The molecule has 1 N–H and O–H groups in total. The third kappa shape index (κ3) is 3.75. The third-order valence-corrected chi connectivity index (χ3v) is 2.42. The monoisotopic (exact) mass is 197 g/mol. The van der Waals surface area contributed by atoms with Crippen LogP contribution >= 0.6 is 0 Å². The standard InChI is InChI=1S/C11H19NO2/c1-5-7-12(8-6-2)10(4)9(3)11(13)14/h5-6,9-10H,1-2,7-8H2,3-4H3,(H,13,14). The van der Waals surface area contributed by atoms with Gasteiger partial charge in [-0.1, -0.05) is 19.1 Å². The summed E-state index contributed by atoms with van der Waals surface area (Å²) in [4.78, 5) is 12.8. The summed E-state index contributed by atoms with van der Waals surface area (Å²) in [5, 5.41) is 8.86. The van der Waals surface area contributed by atoms with Crippen molar-refractivity contribution in [3.8, 4) is 0 Å². The number of carbonyl (C=O) groups is 1. The summed E-state index contributed by atoms with van der Waals surface area (Å²) < 4.78 is 0. The van der Waals surface area contributed by atoms with E-state index in [4.69, 9.17) is 5.11 Å². The van der Waals surface area contributed by atoms with Gasteiger partial charge in [0.25, 0.3) is 0 Å². The minimum Gasteiger partial charge on any atom is -0.481 e. The summed E-state index contributed by atoms with van der Waals surface area (Å²) in [5.41, 5.74) is 0. The van der Waals surface area contributed by atoms with Crippen molar-refractivity contribution >= 4 is 5.97 Å². The molecule has 0 rings (SSSR count). The van der Waals surface area contributed by atoms with Gasteiger partial charge in [0, 0.05) is 19.1 Å². The van der Waals surface area contributed by atoms with Gasteiger partial charge in [0.1, 0.15) is 0 Å². The first kappa shape index (κ1) is 12.9. The lowest BCUT2D eigenvalue weighted by atomic mass is 10.0. The SMILES string of the molecule is C=CCN(CC=C)C(C)C(C)C(=O)O. The molecule has 3 heteroatoms. The minimum atomic E-state index is -0.768. The van der Waals surface area contributed by atoms with E-state index in [9.17, 15) is 4.79 Å². The van der Waals surface area contributed by atoms with Crippen LogP contribution in [0.5, 0.6) is 0 Å².